The highest BCUT2D eigenvalue weighted by Gasteiger charge is 2.05. The smallest absolute Gasteiger partial charge is 0.187 e. The van der Waals surface area contributed by atoms with Crippen LogP contribution in [0.1, 0.15) is 0 Å². The highest BCUT2D eigenvalue weighted by atomic mass is 32.1. The Bertz CT molecular complexity index is 697. The van der Waals surface area contributed by atoms with Crippen molar-refractivity contribution < 1.29 is 4.74 Å². The monoisotopic (exact) mass is 283 g/mol. The lowest BCUT2D eigenvalue weighted by Crippen LogP contribution is -1.90. The number of hydrogen-bond acceptors (Lipinski definition) is 5. The largest absolute Gasteiger partial charge is 0.497 e. The maximum absolute atomic E-state index is 5.20. The van der Waals surface area contributed by atoms with Gasteiger partial charge in [0.15, 0.2) is 5.13 Å². The molecule has 1 aromatic carbocycles. The molecule has 0 bridgehead atoms. The molecule has 0 aliphatic rings. The lowest BCUT2D eigenvalue weighted by molar-refractivity contribution is 0.415. The van der Waals surface area contributed by atoms with Gasteiger partial charge in [-0.2, -0.15) is 0 Å². The van der Waals surface area contributed by atoms with E-state index >= 15 is 0 Å². The van der Waals surface area contributed by atoms with Gasteiger partial charge < -0.3 is 10.1 Å². The van der Waals surface area contributed by atoms with Crippen LogP contribution in [-0.2, 0) is 0 Å². The summed E-state index contributed by atoms with van der Waals surface area (Å²) in [5.41, 5.74) is 2.90. The summed E-state index contributed by atoms with van der Waals surface area (Å²) in [7, 11) is 1.66. The zero-order chi connectivity index (χ0) is 13.8. The molecule has 0 saturated heterocycles. The van der Waals surface area contributed by atoms with Crippen LogP contribution in [-0.4, -0.2) is 17.1 Å². The fourth-order valence-corrected chi connectivity index (χ4v) is 2.54. The highest BCUT2D eigenvalue weighted by molar-refractivity contribution is 7.14. The van der Waals surface area contributed by atoms with E-state index in [-0.39, 0.29) is 0 Å². The lowest BCUT2D eigenvalue weighted by atomic mass is 10.2. The fourth-order valence-electron chi connectivity index (χ4n) is 1.80. The van der Waals surface area contributed by atoms with Crippen LogP contribution >= 0.6 is 11.3 Å². The van der Waals surface area contributed by atoms with Crippen molar-refractivity contribution in [3.8, 4) is 17.0 Å². The Hall–Kier alpha value is -2.40. The van der Waals surface area contributed by atoms with Crippen LogP contribution in [0.2, 0.25) is 0 Å². The van der Waals surface area contributed by atoms with Crippen molar-refractivity contribution in [2.75, 3.05) is 12.4 Å². The summed E-state index contributed by atoms with van der Waals surface area (Å²) in [5.74, 6) is 0.819. The van der Waals surface area contributed by atoms with E-state index in [1.807, 2.05) is 48.0 Å². The van der Waals surface area contributed by atoms with Gasteiger partial charge in [-0.1, -0.05) is 6.07 Å². The van der Waals surface area contributed by atoms with Gasteiger partial charge >= 0.3 is 0 Å². The molecule has 0 saturated carbocycles. The Morgan fingerprint density at radius 1 is 1.20 bits per heavy atom. The quantitative estimate of drug-likeness (QED) is 0.787. The summed E-state index contributed by atoms with van der Waals surface area (Å²) in [4.78, 5) is 8.66. The standard InChI is InChI=1S/C15H13N3OS/c1-19-13-6-2-5-12(8-13)17-15-18-14(10-20-15)11-4-3-7-16-9-11/h2-10H,1H3,(H,17,18). The maximum atomic E-state index is 5.20. The number of ether oxygens (including phenoxy) is 1. The van der Waals surface area contributed by atoms with Crippen LogP contribution in [0.5, 0.6) is 5.75 Å². The minimum Gasteiger partial charge on any atom is -0.497 e. The van der Waals surface area contributed by atoms with Gasteiger partial charge in [0.25, 0.3) is 0 Å². The first-order chi connectivity index (χ1) is 9.85. The summed E-state index contributed by atoms with van der Waals surface area (Å²) < 4.78 is 5.20. The second-order valence-electron chi connectivity index (χ2n) is 4.14. The molecule has 3 rings (SSSR count). The number of benzene rings is 1. The van der Waals surface area contributed by atoms with Gasteiger partial charge in [0, 0.05) is 35.1 Å². The van der Waals surface area contributed by atoms with Crippen LogP contribution in [0.15, 0.2) is 54.2 Å². The number of nitrogens with one attached hydrogen (secondary N) is 1. The first-order valence-corrected chi connectivity index (χ1v) is 7.00. The minimum absolute atomic E-state index is 0.819. The van der Waals surface area contributed by atoms with Gasteiger partial charge in [0.2, 0.25) is 0 Å². The van der Waals surface area contributed by atoms with Crippen LogP contribution in [0.25, 0.3) is 11.3 Å². The zero-order valence-electron chi connectivity index (χ0n) is 10.9. The molecule has 0 radical (unpaired) electrons. The van der Waals surface area contributed by atoms with Crippen LogP contribution in [0, 0.1) is 0 Å². The van der Waals surface area contributed by atoms with Crippen LogP contribution in [0.3, 0.4) is 0 Å². The SMILES string of the molecule is COc1cccc(Nc2nc(-c3cccnc3)cs2)c1. The molecule has 3 aromatic rings. The summed E-state index contributed by atoms with van der Waals surface area (Å²) in [6.45, 7) is 0. The summed E-state index contributed by atoms with van der Waals surface area (Å²) in [5, 5.41) is 6.13. The van der Waals surface area contributed by atoms with Crippen LogP contribution < -0.4 is 10.1 Å². The van der Waals surface area contributed by atoms with Gasteiger partial charge in [-0.25, -0.2) is 4.98 Å². The average Bonchev–Trinajstić information content (AvgIpc) is 2.97. The van der Waals surface area contributed by atoms with Gasteiger partial charge in [-0.3, -0.25) is 4.98 Å². The van der Waals surface area contributed by atoms with Gasteiger partial charge in [0.1, 0.15) is 5.75 Å². The minimum atomic E-state index is 0.819. The van der Waals surface area contributed by atoms with Gasteiger partial charge in [-0.15, -0.1) is 11.3 Å². The normalized spacial score (nSPS) is 10.2. The predicted octanol–water partition coefficient (Wildman–Crippen LogP) is 3.96. The van der Waals surface area contributed by atoms with E-state index in [2.05, 4.69) is 15.3 Å². The highest BCUT2D eigenvalue weighted by Crippen LogP contribution is 2.27. The fraction of sp³-hybridized carbons (Fsp3) is 0.0667. The van der Waals surface area contributed by atoms with Gasteiger partial charge in [0.05, 0.1) is 12.8 Å². The molecule has 0 aliphatic heterocycles. The number of hydrogen-bond donors (Lipinski definition) is 1. The molecule has 2 heterocycles. The number of nitrogens with zero attached hydrogens (tertiary/aromatic N) is 2. The van der Waals surface area contributed by atoms with Crippen molar-refractivity contribution in [2.45, 2.75) is 0 Å². The Balaban J connectivity index is 1.80. The van der Waals surface area contributed by atoms with Crippen molar-refractivity contribution in [1.29, 1.82) is 0 Å². The molecular weight excluding hydrogens is 270 g/mol. The van der Waals surface area contributed by atoms with E-state index < -0.39 is 0 Å². The summed E-state index contributed by atoms with van der Waals surface area (Å²) >= 11 is 1.56. The van der Waals surface area contributed by atoms with Crippen molar-refractivity contribution >= 4 is 22.2 Å². The molecule has 0 aliphatic carbocycles. The van der Waals surface area contributed by atoms with E-state index in [9.17, 15) is 0 Å². The molecular formula is C15H13N3OS. The number of pyridine rings is 1. The number of aromatic nitrogens is 2. The Morgan fingerprint density at radius 2 is 2.15 bits per heavy atom. The lowest BCUT2D eigenvalue weighted by Gasteiger charge is -2.04. The molecule has 0 amide bonds. The molecule has 0 fully saturated rings. The Labute approximate surface area is 121 Å². The average molecular weight is 283 g/mol. The molecule has 5 heteroatoms. The van der Waals surface area contributed by atoms with Gasteiger partial charge in [-0.05, 0) is 24.3 Å². The third-order valence-electron chi connectivity index (χ3n) is 2.78. The van der Waals surface area contributed by atoms with E-state index in [0.717, 1.165) is 27.8 Å². The first kappa shape index (κ1) is 12.6. The molecule has 1 N–H and O–H groups in total. The van der Waals surface area contributed by atoms with E-state index in [0.29, 0.717) is 0 Å². The number of anilines is 2. The van der Waals surface area contributed by atoms with E-state index in [4.69, 9.17) is 4.74 Å². The van der Waals surface area contributed by atoms with Crippen molar-refractivity contribution in [3.63, 3.8) is 0 Å². The molecule has 4 nitrogen and oxygen atoms in total. The molecule has 0 atom stereocenters. The van der Waals surface area contributed by atoms with Crippen molar-refractivity contribution in [3.05, 3.63) is 54.2 Å². The molecule has 20 heavy (non-hydrogen) atoms. The second-order valence-corrected chi connectivity index (χ2v) is 4.99. The Morgan fingerprint density at radius 3 is 2.95 bits per heavy atom. The van der Waals surface area contributed by atoms with Crippen molar-refractivity contribution in [2.24, 2.45) is 0 Å². The molecule has 2 aromatic heterocycles. The molecule has 0 spiro atoms. The van der Waals surface area contributed by atoms with Crippen LogP contribution in [0.4, 0.5) is 10.8 Å². The maximum Gasteiger partial charge on any atom is 0.187 e. The number of methoxy groups -OCH3 is 1. The topological polar surface area (TPSA) is 47.0 Å². The van der Waals surface area contributed by atoms with E-state index in [1.54, 1.807) is 24.6 Å². The third-order valence-corrected chi connectivity index (χ3v) is 3.54. The summed E-state index contributed by atoms with van der Waals surface area (Å²) in [6, 6.07) is 11.7. The summed E-state index contributed by atoms with van der Waals surface area (Å²) in [6.07, 6.45) is 3.57. The van der Waals surface area contributed by atoms with E-state index in [1.165, 1.54) is 0 Å². The van der Waals surface area contributed by atoms with Crippen molar-refractivity contribution in [1.82, 2.24) is 9.97 Å². The Kier molecular flexibility index (Phi) is 3.60. The zero-order valence-corrected chi connectivity index (χ0v) is 11.7. The number of rotatable bonds is 4. The first-order valence-electron chi connectivity index (χ1n) is 6.12. The third kappa shape index (κ3) is 2.78. The molecule has 100 valence electrons. The second kappa shape index (κ2) is 5.71. The molecule has 0 unspecified atom stereocenters. The predicted molar refractivity (Wildman–Crippen MR) is 81.6 cm³/mol. The number of thiazole rings is 1.